The number of amides is 1. The minimum Gasteiger partial charge on any atom is -0.493 e. The Labute approximate surface area is 198 Å². The van der Waals surface area contributed by atoms with Gasteiger partial charge in [-0.1, -0.05) is 51.8 Å². The normalized spacial score (nSPS) is 10.6. The molecule has 32 heavy (non-hydrogen) atoms. The lowest BCUT2D eigenvalue weighted by molar-refractivity contribution is -0.123. The van der Waals surface area contributed by atoms with Crippen molar-refractivity contribution in [3.8, 4) is 17.2 Å². The molecular formula is C23H18BrClN2O5. The molecule has 0 unspecified atom stereocenters. The van der Waals surface area contributed by atoms with Gasteiger partial charge in [0.05, 0.1) is 23.9 Å². The van der Waals surface area contributed by atoms with Gasteiger partial charge in [0.15, 0.2) is 18.1 Å². The summed E-state index contributed by atoms with van der Waals surface area (Å²) in [6.07, 6.45) is 1.36. The Morgan fingerprint density at radius 3 is 2.50 bits per heavy atom. The quantitative estimate of drug-likeness (QED) is 0.200. The van der Waals surface area contributed by atoms with Gasteiger partial charge < -0.3 is 14.2 Å². The zero-order valence-electron chi connectivity index (χ0n) is 16.9. The van der Waals surface area contributed by atoms with Crippen LogP contribution in [0, 0.1) is 0 Å². The standard InChI is InChI=1S/C23H18BrClN2O5/c1-30-20-8-4-5-9-21(20)31-14-22(28)27-26-13-15-12-16(24)10-11-19(15)32-23(29)17-6-2-3-7-18(17)25/h2-13H,14H2,1H3,(H,27,28)/b26-13-. The molecule has 0 bridgehead atoms. The van der Waals surface area contributed by atoms with Gasteiger partial charge in [-0.05, 0) is 42.5 Å². The molecule has 7 nitrogen and oxygen atoms in total. The zero-order chi connectivity index (χ0) is 22.9. The van der Waals surface area contributed by atoms with E-state index in [0.717, 1.165) is 4.47 Å². The molecule has 0 heterocycles. The molecule has 0 fully saturated rings. The largest absolute Gasteiger partial charge is 0.493 e. The summed E-state index contributed by atoms with van der Waals surface area (Å²) in [5, 5.41) is 4.21. The average molecular weight is 518 g/mol. The third kappa shape index (κ3) is 6.32. The van der Waals surface area contributed by atoms with Crippen LogP contribution < -0.4 is 19.6 Å². The number of hydrogen-bond acceptors (Lipinski definition) is 6. The fourth-order valence-corrected chi connectivity index (χ4v) is 3.17. The van der Waals surface area contributed by atoms with Crippen LogP contribution in [0.2, 0.25) is 5.02 Å². The molecule has 0 saturated heterocycles. The second-order valence-electron chi connectivity index (χ2n) is 6.28. The van der Waals surface area contributed by atoms with E-state index in [1.807, 2.05) is 0 Å². The van der Waals surface area contributed by atoms with Crippen molar-refractivity contribution in [2.24, 2.45) is 5.10 Å². The minimum atomic E-state index is -0.609. The van der Waals surface area contributed by atoms with E-state index in [1.165, 1.54) is 13.3 Å². The minimum absolute atomic E-state index is 0.238. The van der Waals surface area contributed by atoms with Crippen LogP contribution in [-0.2, 0) is 4.79 Å². The van der Waals surface area contributed by atoms with Crippen LogP contribution in [-0.4, -0.2) is 31.8 Å². The number of hydrazone groups is 1. The third-order valence-corrected chi connectivity index (χ3v) is 4.91. The lowest BCUT2D eigenvalue weighted by Gasteiger charge is -2.10. The van der Waals surface area contributed by atoms with E-state index < -0.39 is 11.9 Å². The highest BCUT2D eigenvalue weighted by Gasteiger charge is 2.14. The fourth-order valence-electron chi connectivity index (χ4n) is 2.58. The summed E-state index contributed by atoms with van der Waals surface area (Å²) in [5.74, 6) is 0.123. The number of carbonyl (C=O) groups excluding carboxylic acids is 2. The van der Waals surface area contributed by atoms with Crippen LogP contribution in [0.4, 0.5) is 0 Å². The number of benzene rings is 3. The van der Waals surface area contributed by atoms with E-state index in [9.17, 15) is 9.59 Å². The Hall–Kier alpha value is -3.36. The first-order chi connectivity index (χ1) is 15.5. The molecule has 0 aliphatic heterocycles. The van der Waals surface area contributed by atoms with Gasteiger partial charge >= 0.3 is 5.97 Å². The Bertz CT molecular complexity index is 1150. The number of halogens is 2. The summed E-state index contributed by atoms with van der Waals surface area (Å²) in [7, 11) is 1.51. The smallest absolute Gasteiger partial charge is 0.345 e. The summed E-state index contributed by atoms with van der Waals surface area (Å²) in [6, 6.07) is 18.6. The molecule has 0 radical (unpaired) electrons. The Balaban J connectivity index is 1.64. The highest BCUT2D eigenvalue weighted by molar-refractivity contribution is 9.10. The van der Waals surface area contributed by atoms with Gasteiger partial charge in [0.25, 0.3) is 5.91 Å². The second kappa shape index (κ2) is 11.3. The number of nitrogens with one attached hydrogen (secondary N) is 1. The van der Waals surface area contributed by atoms with E-state index >= 15 is 0 Å². The molecule has 0 aliphatic rings. The van der Waals surface area contributed by atoms with Crippen molar-refractivity contribution in [2.75, 3.05) is 13.7 Å². The van der Waals surface area contributed by atoms with Crippen molar-refractivity contribution in [2.45, 2.75) is 0 Å². The van der Waals surface area contributed by atoms with Crippen LogP contribution in [0.25, 0.3) is 0 Å². The van der Waals surface area contributed by atoms with Crippen molar-refractivity contribution in [1.82, 2.24) is 5.43 Å². The van der Waals surface area contributed by atoms with Crippen molar-refractivity contribution < 1.29 is 23.8 Å². The number of ether oxygens (including phenoxy) is 3. The third-order valence-electron chi connectivity index (χ3n) is 4.09. The van der Waals surface area contributed by atoms with Gasteiger partial charge in [0.2, 0.25) is 0 Å². The maximum Gasteiger partial charge on any atom is 0.345 e. The van der Waals surface area contributed by atoms with Gasteiger partial charge in [0.1, 0.15) is 5.75 Å². The lowest BCUT2D eigenvalue weighted by Crippen LogP contribution is -2.24. The number of para-hydroxylation sites is 2. The first kappa shape index (κ1) is 23.3. The van der Waals surface area contributed by atoms with Crippen molar-refractivity contribution in [3.63, 3.8) is 0 Å². The predicted molar refractivity (Wildman–Crippen MR) is 125 cm³/mol. The molecule has 0 aliphatic carbocycles. The molecule has 164 valence electrons. The fraction of sp³-hybridized carbons (Fsp3) is 0.0870. The van der Waals surface area contributed by atoms with Gasteiger partial charge in [-0.25, -0.2) is 10.2 Å². The topological polar surface area (TPSA) is 86.2 Å². The Kier molecular flexibility index (Phi) is 8.24. The number of nitrogens with zero attached hydrogens (tertiary/aromatic N) is 1. The summed E-state index contributed by atoms with van der Waals surface area (Å²) >= 11 is 9.42. The number of hydrogen-bond donors (Lipinski definition) is 1. The number of methoxy groups -OCH3 is 1. The molecule has 1 amide bonds. The van der Waals surface area contributed by atoms with E-state index in [0.29, 0.717) is 17.1 Å². The van der Waals surface area contributed by atoms with Crippen LogP contribution in [0.3, 0.4) is 0 Å². The highest BCUT2D eigenvalue weighted by Crippen LogP contribution is 2.26. The molecule has 9 heteroatoms. The van der Waals surface area contributed by atoms with Crippen LogP contribution in [0.5, 0.6) is 17.2 Å². The summed E-state index contributed by atoms with van der Waals surface area (Å²) in [5.41, 5.74) is 3.07. The van der Waals surface area contributed by atoms with E-state index in [1.54, 1.807) is 66.7 Å². The molecule has 3 rings (SSSR count). The molecular weight excluding hydrogens is 500 g/mol. The number of rotatable bonds is 8. The lowest BCUT2D eigenvalue weighted by atomic mass is 10.2. The molecule has 0 aromatic heterocycles. The van der Waals surface area contributed by atoms with Gasteiger partial charge in [-0.15, -0.1) is 0 Å². The van der Waals surface area contributed by atoms with Crippen LogP contribution in [0.15, 0.2) is 76.3 Å². The molecule has 0 saturated carbocycles. The Morgan fingerprint density at radius 2 is 1.75 bits per heavy atom. The van der Waals surface area contributed by atoms with Crippen molar-refractivity contribution >= 4 is 45.6 Å². The first-order valence-electron chi connectivity index (χ1n) is 9.32. The monoisotopic (exact) mass is 516 g/mol. The van der Waals surface area contributed by atoms with E-state index in [-0.39, 0.29) is 22.9 Å². The molecule has 0 spiro atoms. The number of esters is 1. The summed E-state index contributed by atoms with van der Waals surface area (Å²) in [4.78, 5) is 24.5. The maximum absolute atomic E-state index is 12.5. The molecule has 1 N–H and O–H groups in total. The second-order valence-corrected chi connectivity index (χ2v) is 7.61. The van der Waals surface area contributed by atoms with E-state index in [2.05, 4.69) is 26.5 Å². The predicted octanol–water partition coefficient (Wildman–Crippen LogP) is 4.86. The molecule has 3 aromatic carbocycles. The Morgan fingerprint density at radius 1 is 1.03 bits per heavy atom. The van der Waals surface area contributed by atoms with Crippen molar-refractivity contribution in [3.05, 3.63) is 87.4 Å². The maximum atomic E-state index is 12.5. The molecule has 3 aromatic rings. The van der Waals surface area contributed by atoms with Gasteiger partial charge in [-0.3, -0.25) is 4.79 Å². The van der Waals surface area contributed by atoms with Crippen LogP contribution >= 0.6 is 27.5 Å². The van der Waals surface area contributed by atoms with Crippen LogP contribution in [0.1, 0.15) is 15.9 Å². The highest BCUT2D eigenvalue weighted by atomic mass is 79.9. The molecule has 0 atom stereocenters. The number of carbonyl (C=O) groups is 2. The summed E-state index contributed by atoms with van der Waals surface area (Å²) < 4.78 is 16.8. The first-order valence-corrected chi connectivity index (χ1v) is 10.5. The average Bonchev–Trinajstić information content (AvgIpc) is 2.79. The van der Waals surface area contributed by atoms with Crippen molar-refractivity contribution in [1.29, 1.82) is 0 Å². The zero-order valence-corrected chi connectivity index (χ0v) is 19.2. The van der Waals surface area contributed by atoms with Gasteiger partial charge in [0, 0.05) is 10.0 Å². The van der Waals surface area contributed by atoms with E-state index in [4.69, 9.17) is 25.8 Å². The SMILES string of the molecule is COc1ccccc1OCC(=O)N/N=C\c1cc(Br)ccc1OC(=O)c1ccccc1Cl. The van der Waals surface area contributed by atoms with Gasteiger partial charge in [-0.2, -0.15) is 5.10 Å². The summed E-state index contributed by atoms with van der Waals surface area (Å²) in [6.45, 7) is -0.259.